The summed E-state index contributed by atoms with van der Waals surface area (Å²) in [6.45, 7) is 5.17. The van der Waals surface area contributed by atoms with Crippen LogP contribution in [0, 0.1) is 6.92 Å². The number of nitrogens with one attached hydrogen (secondary N) is 1. The Labute approximate surface area is 191 Å². The Morgan fingerprint density at radius 3 is 2.00 bits per heavy atom. The molecule has 0 unspecified atom stereocenters. The normalized spacial score (nSPS) is 11.5. The van der Waals surface area contributed by atoms with Gasteiger partial charge in [-0.2, -0.15) is 0 Å². The number of aryl methyl sites for hydroxylation is 1. The molecule has 0 aliphatic rings. The molecule has 0 bridgehead atoms. The second-order valence-corrected chi connectivity index (χ2v) is 10.2. The highest BCUT2D eigenvalue weighted by atomic mass is 35.5. The van der Waals surface area contributed by atoms with E-state index in [0.717, 1.165) is 0 Å². The molecule has 0 fully saturated rings. The Kier molecular flexibility index (Phi) is 6.65. The number of anilines is 1. The van der Waals surface area contributed by atoms with Crippen molar-refractivity contribution in [2.45, 2.75) is 36.5 Å². The molecule has 0 heterocycles. The van der Waals surface area contributed by atoms with E-state index in [1.54, 1.807) is 51.1 Å². The third-order valence-corrected chi connectivity index (χ3v) is 7.16. The first kappa shape index (κ1) is 23.1. The number of rotatable bonds is 5. The zero-order valence-electron chi connectivity index (χ0n) is 17.1. The first-order chi connectivity index (χ1) is 14.5. The number of hydrogen-bond acceptors (Lipinski definition) is 4. The lowest BCUT2D eigenvalue weighted by molar-refractivity contribution is 0.102. The molecule has 0 aliphatic heterocycles. The molecule has 1 amide bonds. The van der Waals surface area contributed by atoms with E-state index in [9.17, 15) is 18.3 Å². The van der Waals surface area contributed by atoms with Gasteiger partial charge < -0.3 is 10.4 Å². The summed E-state index contributed by atoms with van der Waals surface area (Å²) in [5.41, 5.74) is 1.33. The highest BCUT2D eigenvalue weighted by molar-refractivity contribution is 7.91. The molecule has 0 spiro atoms. The monoisotopic (exact) mass is 477 g/mol. The standard InChI is InChI=1S/C23H21Cl2NO4S/c1-13(2)20-19(26-23(28)15-4-6-16(24)7-5-15)12-14(3)21(27)22(20)31(29,30)18-10-8-17(25)9-11-18/h4-13,27H,1-3H3,(H,26,28). The van der Waals surface area contributed by atoms with Gasteiger partial charge in [-0.05, 0) is 73.0 Å². The molecular formula is C23H21Cl2NO4S. The van der Waals surface area contributed by atoms with Crippen LogP contribution in [0.15, 0.2) is 64.4 Å². The first-order valence-electron chi connectivity index (χ1n) is 9.46. The van der Waals surface area contributed by atoms with E-state index >= 15 is 0 Å². The number of carbonyl (C=O) groups excluding carboxylic acids is 1. The van der Waals surface area contributed by atoms with Crippen molar-refractivity contribution in [3.8, 4) is 5.75 Å². The average molecular weight is 478 g/mol. The Morgan fingerprint density at radius 2 is 1.48 bits per heavy atom. The molecule has 31 heavy (non-hydrogen) atoms. The van der Waals surface area contributed by atoms with Crippen LogP contribution in [0.4, 0.5) is 5.69 Å². The van der Waals surface area contributed by atoms with Crippen LogP contribution in [-0.4, -0.2) is 19.4 Å². The van der Waals surface area contributed by atoms with Crippen molar-refractivity contribution < 1.29 is 18.3 Å². The lowest BCUT2D eigenvalue weighted by atomic mass is 9.98. The van der Waals surface area contributed by atoms with Crippen LogP contribution in [0.3, 0.4) is 0 Å². The Bertz CT molecular complexity index is 1240. The lowest BCUT2D eigenvalue weighted by Gasteiger charge is -2.21. The van der Waals surface area contributed by atoms with Crippen LogP contribution in [0.2, 0.25) is 10.0 Å². The van der Waals surface area contributed by atoms with Crippen LogP contribution in [0.1, 0.15) is 41.3 Å². The third-order valence-electron chi connectivity index (χ3n) is 4.81. The van der Waals surface area contributed by atoms with Crippen molar-refractivity contribution >= 4 is 44.6 Å². The fraction of sp³-hybridized carbons (Fsp3) is 0.174. The molecule has 0 aromatic heterocycles. The summed E-state index contributed by atoms with van der Waals surface area (Å²) in [7, 11) is -4.09. The SMILES string of the molecule is Cc1cc(NC(=O)c2ccc(Cl)cc2)c(C(C)C)c(S(=O)(=O)c2ccc(Cl)cc2)c1O. The van der Waals surface area contributed by atoms with Crippen LogP contribution in [0.5, 0.6) is 5.75 Å². The number of halogens is 2. The van der Waals surface area contributed by atoms with E-state index in [0.29, 0.717) is 32.4 Å². The minimum atomic E-state index is -4.09. The maximum atomic E-state index is 13.5. The molecule has 5 nitrogen and oxygen atoms in total. The number of hydrogen-bond donors (Lipinski definition) is 2. The molecule has 0 saturated carbocycles. The number of benzene rings is 3. The number of sulfone groups is 1. The molecule has 0 atom stereocenters. The van der Waals surface area contributed by atoms with Crippen molar-refractivity contribution in [1.82, 2.24) is 0 Å². The number of phenolic OH excluding ortho intramolecular Hbond substituents is 1. The summed E-state index contributed by atoms with van der Waals surface area (Å²) >= 11 is 11.8. The molecular weight excluding hydrogens is 457 g/mol. The molecule has 2 N–H and O–H groups in total. The summed E-state index contributed by atoms with van der Waals surface area (Å²) in [6, 6.07) is 13.6. The summed E-state index contributed by atoms with van der Waals surface area (Å²) < 4.78 is 26.9. The van der Waals surface area contributed by atoms with Gasteiger partial charge in [0, 0.05) is 26.9 Å². The molecule has 0 radical (unpaired) electrons. The van der Waals surface area contributed by atoms with Crippen molar-refractivity contribution in [3.05, 3.63) is 81.3 Å². The van der Waals surface area contributed by atoms with Crippen molar-refractivity contribution in [2.24, 2.45) is 0 Å². The van der Waals surface area contributed by atoms with Gasteiger partial charge >= 0.3 is 0 Å². The van der Waals surface area contributed by atoms with Crippen molar-refractivity contribution in [3.63, 3.8) is 0 Å². The van der Waals surface area contributed by atoms with Gasteiger partial charge in [0.05, 0.1) is 4.90 Å². The zero-order valence-corrected chi connectivity index (χ0v) is 19.4. The highest BCUT2D eigenvalue weighted by Crippen LogP contribution is 2.42. The second kappa shape index (κ2) is 8.91. The number of phenols is 1. The maximum absolute atomic E-state index is 13.5. The Balaban J connectivity index is 2.18. The topological polar surface area (TPSA) is 83.5 Å². The fourth-order valence-corrected chi connectivity index (χ4v) is 5.30. The number of aromatic hydroxyl groups is 1. The summed E-state index contributed by atoms with van der Waals surface area (Å²) in [4.78, 5) is 12.6. The Hall–Kier alpha value is -2.54. The minimum absolute atomic E-state index is 0.00493. The second-order valence-electron chi connectivity index (χ2n) is 7.41. The van der Waals surface area contributed by atoms with Gasteiger partial charge in [0.1, 0.15) is 10.6 Å². The zero-order chi connectivity index (χ0) is 22.9. The van der Waals surface area contributed by atoms with Gasteiger partial charge in [0.25, 0.3) is 5.91 Å². The van der Waals surface area contributed by atoms with Crippen LogP contribution in [0.25, 0.3) is 0 Å². The smallest absolute Gasteiger partial charge is 0.255 e. The predicted molar refractivity (Wildman–Crippen MR) is 123 cm³/mol. The molecule has 3 aromatic carbocycles. The van der Waals surface area contributed by atoms with Gasteiger partial charge in [-0.1, -0.05) is 37.0 Å². The third kappa shape index (κ3) is 4.71. The first-order valence-corrected chi connectivity index (χ1v) is 11.7. The van der Waals surface area contributed by atoms with Crippen molar-refractivity contribution in [1.29, 1.82) is 0 Å². The quantitative estimate of drug-likeness (QED) is 0.427. The number of carbonyl (C=O) groups is 1. The number of amides is 1. The summed E-state index contributed by atoms with van der Waals surface area (Å²) in [6.07, 6.45) is 0. The highest BCUT2D eigenvalue weighted by Gasteiger charge is 2.30. The van der Waals surface area contributed by atoms with Gasteiger partial charge in [0.15, 0.2) is 0 Å². The molecule has 0 aliphatic carbocycles. The molecule has 8 heteroatoms. The molecule has 3 aromatic rings. The maximum Gasteiger partial charge on any atom is 0.255 e. The van der Waals surface area contributed by atoms with Gasteiger partial charge in [-0.3, -0.25) is 4.79 Å². The van der Waals surface area contributed by atoms with E-state index in [2.05, 4.69) is 5.32 Å². The van der Waals surface area contributed by atoms with Gasteiger partial charge in [-0.25, -0.2) is 8.42 Å². The van der Waals surface area contributed by atoms with Crippen LogP contribution < -0.4 is 5.32 Å². The van der Waals surface area contributed by atoms with Gasteiger partial charge in [-0.15, -0.1) is 0 Å². The molecule has 0 saturated heterocycles. The lowest BCUT2D eigenvalue weighted by Crippen LogP contribution is -2.16. The fourth-order valence-electron chi connectivity index (χ4n) is 3.27. The van der Waals surface area contributed by atoms with E-state index < -0.39 is 15.7 Å². The van der Waals surface area contributed by atoms with Crippen LogP contribution >= 0.6 is 23.2 Å². The van der Waals surface area contributed by atoms with E-state index in [1.807, 2.05) is 0 Å². The van der Waals surface area contributed by atoms with Crippen LogP contribution in [-0.2, 0) is 9.84 Å². The van der Waals surface area contributed by atoms with E-state index in [1.165, 1.54) is 24.3 Å². The van der Waals surface area contributed by atoms with Gasteiger partial charge in [0.2, 0.25) is 9.84 Å². The predicted octanol–water partition coefficient (Wildman–Crippen LogP) is 6.22. The Morgan fingerprint density at radius 1 is 0.968 bits per heavy atom. The summed E-state index contributed by atoms with van der Waals surface area (Å²) in [5.74, 6) is -1.08. The average Bonchev–Trinajstić information content (AvgIpc) is 2.70. The molecule has 162 valence electrons. The van der Waals surface area contributed by atoms with E-state index in [-0.39, 0.29) is 21.5 Å². The van der Waals surface area contributed by atoms with E-state index in [4.69, 9.17) is 23.2 Å². The molecule has 3 rings (SSSR count). The van der Waals surface area contributed by atoms with Crippen molar-refractivity contribution in [2.75, 3.05) is 5.32 Å². The largest absolute Gasteiger partial charge is 0.506 e. The summed E-state index contributed by atoms with van der Waals surface area (Å²) in [5, 5.41) is 14.4. The minimum Gasteiger partial charge on any atom is -0.506 e.